The Morgan fingerprint density at radius 1 is 1.38 bits per heavy atom. The van der Waals surface area contributed by atoms with E-state index in [1.165, 1.54) is 13.2 Å². The minimum Gasteiger partial charge on any atom is -0.494 e. The number of hydrogen-bond donors (Lipinski definition) is 2. The highest BCUT2D eigenvalue weighted by atomic mass is 19.1. The molecule has 0 unspecified atom stereocenters. The van der Waals surface area contributed by atoms with Crippen molar-refractivity contribution in [3.63, 3.8) is 0 Å². The van der Waals surface area contributed by atoms with E-state index in [1.54, 1.807) is 12.1 Å². The molecule has 1 aromatic rings. The lowest BCUT2D eigenvalue weighted by Gasteiger charge is -2.27. The number of ether oxygens (including phenoxy) is 1. The summed E-state index contributed by atoms with van der Waals surface area (Å²) >= 11 is 0. The fourth-order valence-corrected chi connectivity index (χ4v) is 1.62. The van der Waals surface area contributed by atoms with Gasteiger partial charge in [-0.2, -0.15) is 0 Å². The Labute approximate surface area is 96.0 Å². The first-order valence-electron chi connectivity index (χ1n) is 5.25. The van der Waals surface area contributed by atoms with Crippen LogP contribution in [0.15, 0.2) is 18.2 Å². The van der Waals surface area contributed by atoms with E-state index in [4.69, 9.17) is 4.74 Å². The van der Waals surface area contributed by atoms with Crippen molar-refractivity contribution in [2.75, 3.05) is 26.0 Å². The summed E-state index contributed by atoms with van der Waals surface area (Å²) in [4.78, 5) is 0. The van der Waals surface area contributed by atoms with Crippen LogP contribution in [0.25, 0.3) is 0 Å². The molecule has 4 heteroatoms. The van der Waals surface area contributed by atoms with Crippen molar-refractivity contribution in [3.05, 3.63) is 24.0 Å². The lowest BCUT2D eigenvalue weighted by molar-refractivity contribution is 0.386. The predicted octanol–water partition coefficient (Wildman–Crippen LogP) is 2.24. The Balaban J connectivity index is 2.78. The number of rotatable bonds is 5. The van der Waals surface area contributed by atoms with Crippen LogP contribution in [0.5, 0.6) is 5.75 Å². The molecule has 0 bridgehead atoms. The Kier molecular flexibility index (Phi) is 4.12. The smallest absolute Gasteiger partial charge is 0.167 e. The molecule has 0 saturated carbocycles. The Hall–Kier alpha value is -1.29. The van der Waals surface area contributed by atoms with Crippen molar-refractivity contribution >= 4 is 5.69 Å². The van der Waals surface area contributed by atoms with Gasteiger partial charge in [0.25, 0.3) is 0 Å². The molecule has 1 rings (SSSR count). The first kappa shape index (κ1) is 12.8. The summed E-state index contributed by atoms with van der Waals surface area (Å²) < 4.78 is 18.3. The van der Waals surface area contributed by atoms with Gasteiger partial charge in [0.2, 0.25) is 0 Å². The van der Waals surface area contributed by atoms with Gasteiger partial charge in [-0.3, -0.25) is 0 Å². The van der Waals surface area contributed by atoms with Crippen LogP contribution < -0.4 is 15.4 Å². The van der Waals surface area contributed by atoms with E-state index in [2.05, 4.69) is 10.6 Å². The largest absolute Gasteiger partial charge is 0.494 e. The maximum Gasteiger partial charge on any atom is 0.167 e. The van der Waals surface area contributed by atoms with Crippen LogP contribution in [-0.2, 0) is 0 Å². The van der Waals surface area contributed by atoms with E-state index in [0.29, 0.717) is 0 Å². The molecular formula is C12H19FN2O. The van der Waals surface area contributed by atoms with Crippen molar-refractivity contribution in [2.45, 2.75) is 19.4 Å². The maximum absolute atomic E-state index is 13.4. The Morgan fingerprint density at radius 3 is 2.56 bits per heavy atom. The highest BCUT2D eigenvalue weighted by Crippen LogP contribution is 2.22. The molecule has 3 nitrogen and oxygen atoms in total. The van der Waals surface area contributed by atoms with Crippen LogP contribution in [0, 0.1) is 5.82 Å². The van der Waals surface area contributed by atoms with Gasteiger partial charge in [0.05, 0.1) is 7.11 Å². The number of methoxy groups -OCH3 is 1. The molecule has 1 aromatic carbocycles. The first-order chi connectivity index (χ1) is 7.48. The maximum atomic E-state index is 13.4. The molecule has 16 heavy (non-hydrogen) atoms. The number of nitrogens with one attached hydrogen (secondary N) is 2. The average molecular weight is 226 g/mol. The number of halogens is 1. The first-order valence-corrected chi connectivity index (χ1v) is 5.25. The van der Waals surface area contributed by atoms with E-state index >= 15 is 0 Å². The summed E-state index contributed by atoms with van der Waals surface area (Å²) in [6, 6.07) is 4.86. The number of benzene rings is 1. The van der Waals surface area contributed by atoms with E-state index in [9.17, 15) is 4.39 Å². The fourth-order valence-electron chi connectivity index (χ4n) is 1.62. The quantitative estimate of drug-likeness (QED) is 0.808. The molecule has 90 valence electrons. The standard InChI is InChI=1S/C12H19FN2O/c1-12(2,8-14-3)15-9-5-6-11(16-4)10(13)7-9/h5-7,14-15H,8H2,1-4H3. The normalized spacial score (nSPS) is 11.3. The monoisotopic (exact) mass is 226 g/mol. The van der Waals surface area contributed by atoms with Gasteiger partial charge in [-0.05, 0) is 33.0 Å². The molecule has 0 spiro atoms. The van der Waals surface area contributed by atoms with Gasteiger partial charge in [0.1, 0.15) is 0 Å². The van der Waals surface area contributed by atoms with Gasteiger partial charge in [-0.15, -0.1) is 0 Å². The van der Waals surface area contributed by atoms with Gasteiger partial charge in [0.15, 0.2) is 11.6 Å². The van der Waals surface area contributed by atoms with E-state index in [1.807, 2.05) is 20.9 Å². The van der Waals surface area contributed by atoms with Crippen LogP contribution in [-0.4, -0.2) is 26.2 Å². The van der Waals surface area contributed by atoms with Crippen LogP contribution in [0.4, 0.5) is 10.1 Å². The molecule has 0 aromatic heterocycles. The zero-order valence-corrected chi connectivity index (χ0v) is 10.2. The van der Waals surface area contributed by atoms with Crippen LogP contribution in [0.2, 0.25) is 0 Å². The number of hydrogen-bond acceptors (Lipinski definition) is 3. The SMILES string of the molecule is CNCC(C)(C)Nc1ccc(OC)c(F)c1. The number of anilines is 1. The molecule has 0 heterocycles. The van der Waals surface area contributed by atoms with Gasteiger partial charge < -0.3 is 15.4 Å². The predicted molar refractivity (Wildman–Crippen MR) is 64.6 cm³/mol. The molecule has 0 fully saturated rings. The van der Waals surface area contributed by atoms with E-state index in [0.717, 1.165) is 12.2 Å². The minimum atomic E-state index is -0.354. The zero-order valence-electron chi connectivity index (χ0n) is 10.2. The minimum absolute atomic E-state index is 0.129. The summed E-state index contributed by atoms with van der Waals surface area (Å²) in [5.41, 5.74) is 0.619. The van der Waals surface area contributed by atoms with Crippen molar-refractivity contribution in [3.8, 4) is 5.75 Å². The second-order valence-corrected chi connectivity index (χ2v) is 4.39. The second-order valence-electron chi connectivity index (χ2n) is 4.39. The van der Waals surface area contributed by atoms with Gasteiger partial charge >= 0.3 is 0 Å². The average Bonchev–Trinajstić information content (AvgIpc) is 2.17. The summed E-state index contributed by atoms with van der Waals surface area (Å²) in [6.45, 7) is 4.89. The molecule has 0 saturated heterocycles. The Morgan fingerprint density at radius 2 is 2.06 bits per heavy atom. The highest BCUT2D eigenvalue weighted by molar-refractivity contribution is 5.49. The van der Waals surface area contributed by atoms with E-state index in [-0.39, 0.29) is 17.1 Å². The Bertz CT molecular complexity index is 353. The molecule has 0 aliphatic carbocycles. The van der Waals surface area contributed by atoms with Gasteiger partial charge in [0, 0.05) is 23.8 Å². The molecule has 0 radical (unpaired) electrons. The lowest BCUT2D eigenvalue weighted by atomic mass is 10.1. The van der Waals surface area contributed by atoms with Crippen LogP contribution >= 0.6 is 0 Å². The summed E-state index contributed by atoms with van der Waals surface area (Å²) in [7, 11) is 3.34. The van der Waals surface area contributed by atoms with Gasteiger partial charge in [-0.1, -0.05) is 0 Å². The fraction of sp³-hybridized carbons (Fsp3) is 0.500. The molecule has 0 aliphatic heterocycles. The van der Waals surface area contributed by atoms with E-state index < -0.39 is 0 Å². The molecule has 0 atom stereocenters. The van der Waals surface area contributed by atoms with Crippen molar-refractivity contribution in [2.24, 2.45) is 0 Å². The summed E-state index contributed by atoms with van der Waals surface area (Å²) in [5.74, 6) is -0.0928. The molecular weight excluding hydrogens is 207 g/mol. The topological polar surface area (TPSA) is 33.3 Å². The lowest BCUT2D eigenvalue weighted by Crippen LogP contribution is -2.40. The second kappa shape index (κ2) is 5.16. The zero-order chi connectivity index (χ0) is 12.2. The molecule has 0 aliphatic rings. The third kappa shape index (κ3) is 3.38. The highest BCUT2D eigenvalue weighted by Gasteiger charge is 2.16. The summed E-state index contributed by atoms with van der Waals surface area (Å²) in [6.07, 6.45) is 0. The van der Waals surface area contributed by atoms with Crippen LogP contribution in [0.3, 0.4) is 0 Å². The molecule has 2 N–H and O–H groups in total. The van der Waals surface area contributed by atoms with Crippen molar-refractivity contribution < 1.29 is 9.13 Å². The third-order valence-electron chi connectivity index (χ3n) is 2.25. The van der Waals surface area contributed by atoms with Gasteiger partial charge in [-0.25, -0.2) is 4.39 Å². The van der Waals surface area contributed by atoms with Crippen molar-refractivity contribution in [1.29, 1.82) is 0 Å². The molecule has 0 amide bonds. The summed E-state index contributed by atoms with van der Waals surface area (Å²) in [5, 5.41) is 6.34. The van der Waals surface area contributed by atoms with Crippen molar-refractivity contribution in [1.82, 2.24) is 5.32 Å². The van der Waals surface area contributed by atoms with Crippen LogP contribution in [0.1, 0.15) is 13.8 Å². The number of likely N-dealkylation sites (N-methyl/N-ethyl adjacent to an activating group) is 1. The third-order valence-corrected chi connectivity index (χ3v) is 2.25.